The monoisotopic (exact) mass is 356 g/mol. The maximum absolute atomic E-state index is 9.98. The fourth-order valence-electron chi connectivity index (χ4n) is 3.05. The average molecular weight is 356 g/mol. The van der Waals surface area contributed by atoms with Crippen molar-refractivity contribution in [2.45, 2.75) is 20.8 Å². The van der Waals surface area contributed by atoms with Crippen molar-refractivity contribution in [2.75, 3.05) is 0 Å². The van der Waals surface area contributed by atoms with Gasteiger partial charge >= 0.3 is 0 Å². The van der Waals surface area contributed by atoms with E-state index in [9.17, 15) is 5.11 Å². The van der Waals surface area contributed by atoms with Gasteiger partial charge in [0.15, 0.2) is 5.82 Å². The summed E-state index contributed by atoms with van der Waals surface area (Å²) in [6.07, 6.45) is 1.95. The third-order valence-electron chi connectivity index (χ3n) is 4.54. The lowest BCUT2D eigenvalue weighted by molar-refractivity contribution is 0.476. The van der Waals surface area contributed by atoms with Gasteiger partial charge in [-0.25, -0.2) is 4.98 Å². The van der Waals surface area contributed by atoms with Crippen LogP contribution < -0.4 is 0 Å². The van der Waals surface area contributed by atoms with Gasteiger partial charge in [-0.1, -0.05) is 29.8 Å². The van der Waals surface area contributed by atoms with E-state index in [1.54, 1.807) is 18.2 Å². The van der Waals surface area contributed by atoms with Gasteiger partial charge in [-0.2, -0.15) is 0 Å². The molecular formula is C22H20N4O. The average Bonchev–Trinajstić information content (AvgIpc) is 3.00. The van der Waals surface area contributed by atoms with Gasteiger partial charge in [-0.3, -0.25) is 4.40 Å². The number of aryl methyl sites for hydroxylation is 3. The van der Waals surface area contributed by atoms with Crippen molar-refractivity contribution >= 4 is 17.2 Å². The highest BCUT2D eigenvalue weighted by atomic mass is 16.3. The van der Waals surface area contributed by atoms with Crippen LogP contribution in [0, 0.1) is 20.8 Å². The van der Waals surface area contributed by atoms with Gasteiger partial charge in [-0.15, -0.1) is 10.2 Å². The third-order valence-corrected chi connectivity index (χ3v) is 4.54. The Kier molecular flexibility index (Phi) is 4.20. The molecule has 4 aromatic rings. The molecule has 0 saturated carbocycles. The molecule has 0 unspecified atom stereocenters. The number of hydrogen-bond acceptors (Lipinski definition) is 4. The van der Waals surface area contributed by atoms with Crippen LogP contribution in [-0.2, 0) is 0 Å². The van der Waals surface area contributed by atoms with Crippen molar-refractivity contribution in [3.8, 4) is 17.0 Å². The lowest BCUT2D eigenvalue weighted by Gasteiger charge is -2.05. The number of pyridine rings is 1. The minimum Gasteiger partial charge on any atom is -0.506 e. The van der Waals surface area contributed by atoms with Crippen LogP contribution in [-0.4, -0.2) is 14.5 Å². The molecule has 0 spiro atoms. The van der Waals surface area contributed by atoms with Crippen molar-refractivity contribution < 1.29 is 5.11 Å². The molecule has 0 amide bonds. The molecule has 134 valence electrons. The van der Waals surface area contributed by atoms with E-state index in [0.717, 1.165) is 33.6 Å². The molecule has 0 aliphatic carbocycles. The first-order valence-corrected chi connectivity index (χ1v) is 8.79. The van der Waals surface area contributed by atoms with Crippen LogP contribution in [0.4, 0.5) is 11.5 Å². The zero-order valence-corrected chi connectivity index (χ0v) is 15.5. The normalized spacial score (nSPS) is 11.5. The number of nitrogens with zero attached hydrogens (tertiary/aromatic N) is 4. The Morgan fingerprint density at radius 3 is 2.48 bits per heavy atom. The standard InChI is InChI=1S/C22H20N4O/c1-14-8-9-16(3)17(12-14)21-22(25-24-18-6-4-5-7-19(18)27)26-11-10-15(2)13-20(26)23-21/h4-13,27H,1-3H3. The molecule has 2 aromatic heterocycles. The maximum Gasteiger partial charge on any atom is 0.187 e. The van der Waals surface area contributed by atoms with Crippen LogP contribution in [0.15, 0.2) is 71.0 Å². The van der Waals surface area contributed by atoms with E-state index < -0.39 is 0 Å². The van der Waals surface area contributed by atoms with E-state index >= 15 is 0 Å². The van der Waals surface area contributed by atoms with E-state index in [2.05, 4.69) is 42.3 Å². The molecule has 0 aliphatic rings. The number of phenolic OH excluding ortho intramolecular Hbond substituents is 1. The van der Waals surface area contributed by atoms with Crippen molar-refractivity contribution in [3.63, 3.8) is 0 Å². The van der Waals surface area contributed by atoms with Crippen LogP contribution >= 0.6 is 0 Å². The Labute approximate surface area is 157 Å². The number of benzene rings is 2. The van der Waals surface area contributed by atoms with Crippen LogP contribution in [0.1, 0.15) is 16.7 Å². The first-order valence-electron chi connectivity index (χ1n) is 8.79. The summed E-state index contributed by atoms with van der Waals surface area (Å²) in [4.78, 5) is 4.83. The Morgan fingerprint density at radius 1 is 0.889 bits per heavy atom. The third kappa shape index (κ3) is 3.19. The summed E-state index contributed by atoms with van der Waals surface area (Å²) < 4.78 is 1.92. The molecule has 1 N–H and O–H groups in total. The summed E-state index contributed by atoms with van der Waals surface area (Å²) >= 11 is 0. The van der Waals surface area contributed by atoms with Crippen molar-refractivity contribution in [1.82, 2.24) is 9.38 Å². The maximum atomic E-state index is 9.98. The summed E-state index contributed by atoms with van der Waals surface area (Å²) in [5, 5.41) is 18.7. The first kappa shape index (κ1) is 17.0. The quantitative estimate of drug-likeness (QED) is 0.454. The van der Waals surface area contributed by atoms with Gasteiger partial charge < -0.3 is 5.11 Å². The first-order chi connectivity index (χ1) is 13.0. The van der Waals surface area contributed by atoms with Crippen LogP contribution in [0.5, 0.6) is 5.75 Å². The summed E-state index contributed by atoms with van der Waals surface area (Å²) in [6, 6.07) is 17.2. The summed E-state index contributed by atoms with van der Waals surface area (Å²) in [7, 11) is 0. The molecule has 0 saturated heterocycles. The fourth-order valence-corrected chi connectivity index (χ4v) is 3.05. The number of rotatable bonds is 3. The number of phenols is 1. The van der Waals surface area contributed by atoms with Gasteiger partial charge in [0.05, 0.1) is 0 Å². The lowest BCUT2D eigenvalue weighted by Crippen LogP contribution is -1.86. The second kappa shape index (κ2) is 6.68. The summed E-state index contributed by atoms with van der Waals surface area (Å²) in [6.45, 7) is 6.16. The van der Waals surface area contributed by atoms with E-state index in [1.165, 1.54) is 0 Å². The number of para-hydroxylation sites is 1. The molecule has 0 atom stereocenters. The molecule has 5 heteroatoms. The van der Waals surface area contributed by atoms with E-state index in [-0.39, 0.29) is 5.75 Å². The number of hydrogen-bond donors (Lipinski definition) is 1. The minimum atomic E-state index is 0.0965. The number of aromatic nitrogens is 2. The molecule has 2 heterocycles. The Hall–Kier alpha value is -3.47. The van der Waals surface area contributed by atoms with E-state index in [1.807, 2.05) is 35.7 Å². The van der Waals surface area contributed by atoms with Crippen LogP contribution in [0.25, 0.3) is 16.9 Å². The lowest BCUT2D eigenvalue weighted by atomic mass is 10.0. The largest absolute Gasteiger partial charge is 0.506 e. The molecular weight excluding hydrogens is 336 g/mol. The zero-order chi connectivity index (χ0) is 19.0. The molecule has 0 fully saturated rings. The number of aromatic hydroxyl groups is 1. The summed E-state index contributed by atoms with van der Waals surface area (Å²) in [5.74, 6) is 0.737. The van der Waals surface area contributed by atoms with E-state index in [0.29, 0.717) is 11.5 Å². The molecule has 27 heavy (non-hydrogen) atoms. The number of azo groups is 1. The Bertz CT molecular complexity index is 1170. The smallest absolute Gasteiger partial charge is 0.187 e. The summed E-state index contributed by atoms with van der Waals surface area (Å²) in [5.41, 5.74) is 6.46. The van der Waals surface area contributed by atoms with E-state index in [4.69, 9.17) is 4.98 Å². The van der Waals surface area contributed by atoms with Crippen molar-refractivity contribution in [2.24, 2.45) is 10.2 Å². The fraction of sp³-hybridized carbons (Fsp3) is 0.136. The van der Waals surface area contributed by atoms with Gasteiger partial charge in [0.25, 0.3) is 0 Å². The predicted molar refractivity (Wildman–Crippen MR) is 107 cm³/mol. The molecule has 0 radical (unpaired) electrons. The van der Waals surface area contributed by atoms with Crippen molar-refractivity contribution in [1.29, 1.82) is 0 Å². The topological polar surface area (TPSA) is 62.2 Å². The SMILES string of the molecule is Cc1ccc(C)c(-c2nc3cc(C)ccn3c2N=Nc2ccccc2O)c1. The second-order valence-electron chi connectivity index (χ2n) is 6.72. The van der Waals surface area contributed by atoms with Crippen molar-refractivity contribution in [3.05, 3.63) is 77.5 Å². The Morgan fingerprint density at radius 2 is 1.67 bits per heavy atom. The Balaban J connectivity index is 1.95. The second-order valence-corrected chi connectivity index (χ2v) is 6.72. The highest BCUT2D eigenvalue weighted by Gasteiger charge is 2.16. The molecule has 4 rings (SSSR count). The number of imidazole rings is 1. The predicted octanol–water partition coefficient (Wildman–Crippen LogP) is 6.05. The molecule has 5 nitrogen and oxygen atoms in total. The number of fused-ring (bicyclic) bond motifs is 1. The van der Waals surface area contributed by atoms with Gasteiger partial charge in [-0.05, 0) is 62.2 Å². The van der Waals surface area contributed by atoms with Crippen LogP contribution in [0.2, 0.25) is 0 Å². The highest BCUT2D eigenvalue weighted by Crippen LogP contribution is 2.35. The molecule has 2 aromatic carbocycles. The van der Waals surface area contributed by atoms with Gasteiger partial charge in [0.1, 0.15) is 22.8 Å². The van der Waals surface area contributed by atoms with Crippen LogP contribution in [0.3, 0.4) is 0 Å². The zero-order valence-electron chi connectivity index (χ0n) is 15.5. The van der Waals surface area contributed by atoms with Gasteiger partial charge in [0.2, 0.25) is 0 Å². The molecule has 0 bridgehead atoms. The highest BCUT2D eigenvalue weighted by molar-refractivity contribution is 5.77. The van der Waals surface area contributed by atoms with Gasteiger partial charge in [0, 0.05) is 11.8 Å². The molecule has 0 aliphatic heterocycles. The minimum absolute atomic E-state index is 0.0965.